The molecule has 0 aromatic heterocycles. The van der Waals surface area contributed by atoms with Gasteiger partial charge in [-0.2, -0.15) is 0 Å². The summed E-state index contributed by atoms with van der Waals surface area (Å²) in [5.41, 5.74) is 7.68. The molecule has 6 nitrogen and oxygen atoms in total. The minimum absolute atomic E-state index is 0.0308. The van der Waals surface area contributed by atoms with E-state index >= 15 is 0 Å². The van der Waals surface area contributed by atoms with E-state index in [2.05, 4.69) is 10.9 Å². The molecule has 0 atom stereocenters. The van der Waals surface area contributed by atoms with Crippen LogP contribution in [-0.2, 0) is 17.6 Å². The minimum atomic E-state index is -0.624. The largest absolute Gasteiger partial charge is 0.507 e. The first kappa shape index (κ1) is 17.7. The summed E-state index contributed by atoms with van der Waals surface area (Å²) in [6, 6.07) is 11.7. The van der Waals surface area contributed by atoms with E-state index in [9.17, 15) is 19.5 Å². The van der Waals surface area contributed by atoms with Crippen molar-refractivity contribution in [3.05, 3.63) is 64.7 Å². The molecule has 1 aliphatic rings. The van der Waals surface area contributed by atoms with Crippen LogP contribution in [0.4, 0.5) is 0 Å². The fourth-order valence-electron chi connectivity index (χ4n) is 3.04. The van der Waals surface area contributed by atoms with E-state index in [1.54, 1.807) is 12.1 Å². The number of ketones is 1. The van der Waals surface area contributed by atoms with Crippen molar-refractivity contribution in [2.75, 3.05) is 0 Å². The number of carbonyl (C=O) groups excluding carboxylic acids is 3. The number of para-hydroxylation sites is 1. The van der Waals surface area contributed by atoms with Gasteiger partial charge in [-0.05, 0) is 48.6 Å². The standard InChI is InChI=1S/C20H20N2O4/c23-17(15-9-8-13-4-3-5-14(13)12-15)10-11-19(25)21-22-20(26)16-6-1-2-7-18(16)24/h1-2,6-9,12,24H,3-5,10-11H2,(H,21,25)(H,22,26). The van der Waals surface area contributed by atoms with Crippen molar-refractivity contribution < 1.29 is 19.5 Å². The summed E-state index contributed by atoms with van der Waals surface area (Å²) in [6.07, 6.45) is 3.21. The molecule has 26 heavy (non-hydrogen) atoms. The van der Waals surface area contributed by atoms with Crippen molar-refractivity contribution in [3.63, 3.8) is 0 Å². The highest BCUT2D eigenvalue weighted by molar-refractivity contribution is 5.99. The Labute approximate surface area is 151 Å². The van der Waals surface area contributed by atoms with E-state index in [-0.39, 0.29) is 29.9 Å². The Morgan fingerprint density at radius 1 is 0.923 bits per heavy atom. The summed E-state index contributed by atoms with van der Waals surface area (Å²) in [4.78, 5) is 36.0. The lowest BCUT2D eigenvalue weighted by atomic mass is 10.0. The zero-order chi connectivity index (χ0) is 18.5. The van der Waals surface area contributed by atoms with Crippen LogP contribution in [0.3, 0.4) is 0 Å². The molecular weight excluding hydrogens is 332 g/mol. The van der Waals surface area contributed by atoms with E-state index in [0.29, 0.717) is 5.56 Å². The molecule has 0 unspecified atom stereocenters. The van der Waals surface area contributed by atoms with Crippen LogP contribution in [-0.4, -0.2) is 22.7 Å². The van der Waals surface area contributed by atoms with E-state index in [0.717, 1.165) is 19.3 Å². The second-order valence-corrected chi connectivity index (χ2v) is 6.28. The predicted molar refractivity (Wildman–Crippen MR) is 95.7 cm³/mol. The van der Waals surface area contributed by atoms with Gasteiger partial charge >= 0.3 is 0 Å². The maximum Gasteiger partial charge on any atom is 0.273 e. The number of phenols is 1. The molecule has 6 heteroatoms. The van der Waals surface area contributed by atoms with E-state index in [4.69, 9.17) is 0 Å². The summed E-state index contributed by atoms with van der Waals surface area (Å²) in [7, 11) is 0. The number of hydrazine groups is 1. The SMILES string of the molecule is O=C(CCC(=O)c1ccc2c(c1)CCC2)NNC(=O)c1ccccc1O. The predicted octanol–water partition coefficient (Wildman–Crippen LogP) is 2.31. The van der Waals surface area contributed by atoms with Crippen LogP contribution >= 0.6 is 0 Å². The van der Waals surface area contributed by atoms with Gasteiger partial charge in [0.2, 0.25) is 5.91 Å². The molecule has 0 bridgehead atoms. The van der Waals surface area contributed by atoms with E-state index < -0.39 is 11.8 Å². The second kappa shape index (κ2) is 7.82. The first-order valence-electron chi connectivity index (χ1n) is 8.57. The molecule has 0 heterocycles. The van der Waals surface area contributed by atoms with Gasteiger partial charge in [0.05, 0.1) is 5.56 Å². The normalized spacial score (nSPS) is 12.3. The van der Waals surface area contributed by atoms with Crippen molar-refractivity contribution >= 4 is 17.6 Å². The van der Waals surface area contributed by atoms with E-state index in [1.165, 1.54) is 23.3 Å². The molecule has 0 spiro atoms. The topological polar surface area (TPSA) is 95.5 Å². The fourth-order valence-corrected chi connectivity index (χ4v) is 3.04. The van der Waals surface area contributed by atoms with Crippen molar-refractivity contribution in [2.24, 2.45) is 0 Å². The summed E-state index contributed by atoms with van der Waals surface area (Å²) in [5.74, 6) is -1.36. The average molecular weight is 352 g/mol. The molecule has 3 rings (SSSR count). The van der Waals surface area contributed by atoms with Gasteiger partial charge in [-0.25, -0.2) is 0 Å². The lowest BCUT2D eigenvalue weighted by Gasteiger charge is -2.08. The quantitative estimate of drug-likeness (QED) is 0.568. The number of amides is 2. The lowest BCUT2D eigenvalue weighted by molar-refractivity contribution is -0.121. The van der Waals surface area contributed by atoms with Gasteiger partial charge in [-0.1, -0.05) is 24.3 Å². The van der Waals surface area contributed by atoms with Crippen molar-refractivity contribution in [1.82, 2.24) is 10.9 Å². The molecule has 3 N–H and O–H groups in total. The molecule has 134 valence electrons. The first-order chi connectivity index (χ1) is 12.5. The molecule has 0 fully saturated rings. The Morgan fingerprint density at radius 3 is 2.50 bits per heavy atom. The van der Waals surface area contributed by atoms with Crippen LogP contribution < -0.4 is 10.9 Å². The third kappa shape index (κ3) is 4.08. The second-order valence-electron chi connectivity index (χ2n) is 6.28. The van der Waals surface area contributed by atoms with Crippen molar-refractivity contribution in [1.29, 1.82) is 0 Å². The van der Waals surface area contributed by atoms with Gasteiger partial charge in [-0.15, -0.1) is 0 Å². The van der Waals surface area contributed by atoms with Crippen molar-refractivity contribution in [3.8, 4) is 5.75 Å². The summed E-state index contributed by atoms with van der Waals surface area (Å²) < 4.78 is 0. The number of nitrogens with one attached hydrogen (secondary N) is 2. The van der Waals surface area contributed by atoms with Crippen LogP contribution in [0.5, 0.6) is 5.75 Å². The van der Waals surface area contributed by atoms with Crippen LogP contribution in [0.1, 0.15) is 51.1 Å². The van der Waals surface area contributed by atoms with Gasteiger partial charge in [0, 0.05) is 18.4 Å². The number of benzene rings is 2. The Hall–Kier alpha value is -3.15. The smallest absolute Gasteiger partial charge is 0.273 e. The molecule has 2 aromatic carbocycles. The Morgan fingerprint density at radius 2 is 1.69 bits per heavy atom. The third-order valence-electron chi connectivity index (χ3n) is 4.46. The van der Waals surface area contributed by atoms with Crippen LogP contribution in [0.25, 0.3) is 0 Å². The Balaban J connectivity index is 1.47. The molecular formula is C20H20N2O4. The number of rotatable bonds is 5. The summed E-state index contributed by atoms with van der Waals surface area (Å²) in [5, 5.41) is 9.60. The van der Waals surface area contributed by atoms with Crippen molar-refractivity contribution in [2.45, 2.75) is 32.1 Å². The summed E-state index contributed by atoms with van der Waals surface area (Å²) in [6.45, 7) is 0. The Bertz CT molecular complexity index is 861. The number of phenolic OH excluding ortho intramolecular Hbond substituents is 1. The molecule has 0 aliphatic heterocycles. The number of fused-ring (bicyclic) bond motifs is 1. The number of hydrogen-bond donors (Lipinski definition) is 3. The summed E-state index contributed by atoms with van der Waals surface area (Å²) >= 11 is 0. The number of aromatic hydroxyl groups is 1. The molecule has 0 saturated heterocycles. The zero-order valence-electron chi connectivity index (χ0n) is 14.2. The highest BCUT2D eigenvalue weighted by Gasteiger charge is 2.15. The van der Waals surface area contributed by atoms with Gasteiger partial charge in [0.15, 0.2) is 5.78 Å². The number of hydrogen-bond acceptors (Lipinski definition) is 4. The van der Waals surface area contributed by atoms with Gasteiger partial charge in [0.1, 0.15) is 5.75 Å². The fraction of sp³-hybridized carbons (Fsp3) is 0.250. The minimum Gasteiger partial charge on any atom is -0.507 e. The average Bonchev–Trinajstić information content (AvgIpc) is 3.12. The maximum absolute atomic E-state index is 12.3. The van der Waals surface area contributed by atoms with Crippen LogP contribution in [0, 0.1) is 0 Å². The molecule has 1 aliphatic carbocycles. The lowest BCUT2D eigenvalue weighted by Crippen LogP contribution is -2.41. The maximum atomic E-state index is 12.3. The molecule has 0 radical (unpaired) electrons. The van der Waals surface area contributed by atoms with Crippen LogP contribution in [0.2, 0.25) is 0 Å². The highest BCUT2D eigenvalue weighted by atomic mass is 16.3. The molecule has 2 aromatic rings. The third-order valence-corrected chi connectivity index (χ3v) is 4.46. The number of aryl methyl sites for hydroxylation is 2. The van der Waals surface area contributed by atoms with E-state index in [1.807, 2.05) is 18.2 Å². The monoisotopic (exact) mass is 352 g/mol. The Kier molecular flexibility index (Phi) is 5.31. The van der Waals surface area contributed by atoms with Crippen LogP contribution in [0.15, 0.2) is 42.5 Å². The molecule has 0 saturated carbocycles. The highest BCUT2D eigenvalue weighted by Crippen LogP contribution is 2.23. The number of Topliss-reactive ketones (excluding diaryl/α,β-unsaturated/α-hetero) is 1. The van der Waals surface area contributed by atoms with Gasteiger partial charge < -0.3 is 5.11 Å². The van der Waals surface area contributed by atoms with Gasteiger partial charge in [0.25, 0.3) is 5.91 Å². The zero-order valence-corrected chi connectivity index (χ0v) is 14.2. The molecule has 2 amide bonds. The first-order valence-corrected chi connectivity index (χ1v) is 8.57. The van der Waals surface area contributed by atoms with Gasteiger partial charge in [-0.3, -0.25) is 25.2 Å². The number of carbonyl (C=O) groups is 3.